The molecule has 0 unspecified atom stereocenters. The van der Waals surface area contributed by atoms with Crippen LogP contribution in [0.2, 0.25) is 0 Å². The highest BCUT2D eigenvalue weighted by molar-refractivity contribution is 14.1. The van der Waals surface area contributed by atoms with Crippen molar-refractivity contribution in [2.45, 2.75) is 0 Å². The van der Waals surface area contributed by atoms with Crippen LogP contribution in [0.1, 0.15) is 0 Å². The van der Waals surface area contributed by atoms with E-state index in [0.29, 0.717) is 0 Å². The minimum Gasteiger partial charge on any atom is -0.383 e. The molecule has 0 saturated carbocycles. The largest absolute Gasteiger partial charge is 0.383 e. The lowest BCUT2D eigenvalue weighted by atomic mass is 10.3. The molecule has 1 aromatic carbocycles. The molecule has 6 nitrogen and oxygen atoms in total. The SMILES string of the molecule is CN1CCN(CCNc2ccc([N+](=O)[O-])cc2I)CC1. The van der Waals surface area contributed by atoms with E-state index in [-0.39, 0.29) is 10.6 Å². The molecule has 0 bridgehead atoms. The van der Waals surface area contributed by atoms with Gasteiger partial charge in [-0.25, -0.2) is 0 Å². The van der Waals surface area contributed by atoms with Crippen molar-refractivity contribution in [1.29, 1.82) is 0 Å². The Kier molecular flexibility index (Phi) is 5.55. The van der Waals surface area contributed by atoms with E-state index < -0.39 is 0 Å². The van der Waals surface area contributed by atoms with Crippen LogP contribution in [0.4, 0.5) is 11.4 Å². The molecule has 0 amide bonds. The molecular weight excluding hydrogens is 371 g/mol. The Bertz CT molecular complexity index is 475. The normalized spacial score (nSPS) is 17.1. The summed E-state index contributed by atoms with van der Waals surface area (Å²) in [6, 6.07) is 4.92. The fourth-order valence-electron chi connectivity index (χ4n) is 2.18. The zero-order valence-corrected chi connectivity index (χ0v) is 13.7. The highest BCUT2D eigenvalue weighted by Crippen LogP contribution is 2.23. The van der Waals surface area contributed by atoms with Gasteiger partial charge in [0, 0.05) is 60.7 Å². The predicted molar refractivity (Wildman–Crippen MR) is 88.2 cm³/mol. The summed E-state index contributed by atoms with van der Waals surface area (Å²) in [7, 11) is 2.15. The standard InChI is InChI=1S/C13H19IN4O2/c1-16-6-8-17(9-7-16)5-4-15-13-3-2-11(18(19)20)10-12(13)14/h2-3,10,15H,4-9H2,1H3. The first-order valence-corrected chi connectivity index (χ1v) is 7.73. The van der Waals surface area contributed by atoms with Gasteiger partial charge in [0.2, 0.25) is 0 Å². The average molecular weight is 390 g/mol. The smallest absolute Gasteiger partial charge is 0.270 e. The zero-order valence-electron chi connectivity index (χ0n) is 11.5. The molecule has 0 aromatic heterocycles. The summed E-state index contributed by atoms with van der Waals surface area (Å²) in [5.74, 6) is 0. The average Bonchev–Trinajstić information content (AvgIpc) is 2.42. The van der Waals surface area contributed by atoms with Crippen LogP contribution in [0.25, 0.3) is 0 Å². The van der Waals surface area contributed by atoms with Gasteiger partial charge in [-0.1, -0.05) is 0 Å². The van der Waals surface area contributed by atoms with E-state index >= 15 is 0 Å². The summed E-state index contributed by atoms with van der Waals surface area (Å²) >= 11 is 2.13. The number of hydrogen-bond acceptors (Lipinski definition) is 5. The van der Waals surface area contributed by atoms with Gasteiger partial charge in [-0.3, -0.25) is 15.0 Å². The Morgan fingerprint density at radius 1 is 1.35 bits per heavy atom. The molecule has 20 heavy (non-hydrogen) atoms. The molecule has 1 heterocycles. The number of likely N-dealkylation sites (N-methyl/N-ethyl adjacent to an activating group) is 1. The maximum Gasteiger partial charge on any atom is 0.270 e. The van der Waals surface area contributed by atoms with Crippen molar-refractivity contribution in [2.75, 3.05) is 51.6 Å². The molecule has 0 spiro atoms. The van der Waals surface area contributed by atoms with Crippen LogP contribution in [-0.2, 0) is 0 Å². The highest BCUT2D eigenvalue weighted by Gasteiger charge is 2.13. The molecule has 1 aromatic rings. The molecule has 1 fully saturated rings. The number of nitrogens with one attached hydrogen (secondary N) is 1. The minimum absolute atomic E-state index is 0.138. The Hall–Kier alpha value is -0.930. The molecule has 110 valence electrons. The Morgan fingerprint density at radius 2 is 2.05 bits per heavy atom. The Balaban J connectivity index is 1.81. The van der Waals surface area contributed by atoms with E-state index in [0.717, 1.165) is 48.5 Å². The number of non-ortho nitro benzene ring substituents is 1. The fourth-order valence-corrected chi connectivity index (χ4v) is 2.87. The van der Waals surface area contributed by atoms with Gasteiger partial charge in [0.05, 0.1) is 4.92 Å². The summed E-state index contributed by atoms with van der Waals surface area (Å²) in [6.07, 6.45) is 0. The molecule has 1 N–H and O–H groups in total. The second-order valence-electron chi connectivity index (χ2n) is 4.99. The number of nitro groups is 1. The van der Waals surface area contributed by atoms with Crippen molar-refractivity contribution in [1.82, 2.24) is 9.80 Å². The molecule has 1 saturated heterocycles. The number of piperazine rings is 1. The van der Waals surface area contributed by atoms with Crippen molar-refractivity contribution in [2.24, 2.45) is 0 Å². The van der Waals surface area contributed by atoms with E-state index in [1.165, 1.54) is 0 Å². The maximum atomic E-state index is 10.7. The van der Waals surface area contributed by atoms with Crippen LogP contribution in [0.3, 0.4) is 0 Å². The first-order chi connectivity index (χ1) is 9.56. The summed E-state index contributed by atoms with van der Waals surface area (Å²) in [6.45, 7) is 6.31. The second-order valence-corrected chi connectivity index (χ2v) is 6.16. The van der Waals surface area contributed by atoms with Gasteiger partial charge in [0.15, 0.2) is 0 Å². The van der Waals surface area contributed by atoms with E-state index in [4.69, 9.17) is 0 Å². The van der Waals surface area contributed by atoms with Crippen LogP contribution in [0.15, 0.2) is 18.2 Å². The predicted octanol–water partition coefficient (Wildman–Crippen LogP) is 1.86. The Morgan fingerprint density at radius 3 is 2.65 bits per heavy atom. The van der Waals surface area contributed by atoms with Crippen LogP contribution < -0.4 is 5.32 Å². The van der Waals surface area contributed by atoms with Crippen LogP contribution in [-0.4, -0.2) is 61.0 Å². The maximum absolute atomic E-state index is 10.7. The van der Waals surface area contributed by atoms with Crippen molar-refractivity contribution in [3.63, 3.8) is 0 Å². The van der Waals surface area contributed by atoms with E-state index in [2.05, 4.69) is 44.8 Å². The van der Waals surface area contributed by atoms with Crippen molar-refractivity contribution in [3.8, 4) is 0 Å². The minimum atomic E-state index is -0.365. The number of halogens is 1. The Labute approximate surface area is 132 Å². The first kappa shape index (κ1) is 15.5. The van der Waals surface area contributed by atoms with Crippen molar-refractivity contribution < 1.29 is 4.92 Å². The van der Waals surface area contributed by atoms with Gasteiger partial charge < -0.3 is 10.2 Å². The number of hydrogen-bond donors (Lipinski definition) is 1. The third-order valence-electron chi connectivity index (χ3n) is 3.50. The van der Waals surface area contributed by atoms with Gasteiger partial charge in [0.1, 0.15) is 0 Å². The summed E-state index contributed by atoms with van der Waals surface area (Å²) in [5, 5.41) is 14.0. The lowest BCUT2D eigenvalue weighted by molar-refractivity contribution is -0.384. The topological polar surface area (TPSA) is 61.6 Å². The van der Waals surface area contributed by atoms with E-state index in [1.807, 2.05) is 0 Å². The number of rotatable bonds is 5. The fraction of sp³-hybridized carbons (Fsp3) is 0.538. The van der Waals surface area contributed by atoms with Gasteiger partial charge in [-0.15, -0.1) is 0 Å². The number of anilines is 1. The van der Waals surface area contributed by atoms with Gasteiger partial charge in [-0.05, 0) is 35.7 Å². The molecule has 0 radical (unpaired) electrons. The third-order valence-corrected chi connectivity index (χ3v) is 4.40. The molecule has 0 atom stereocenters. The lowest BCUT2D eigenvalue weighted by Gasteiger charge is -2.32. The van der Waals surface area contributed by atoms with Crippen molar-refractivity contribution in [3.05, 3.63) is 31.9 Å². The van der Waals surface area contributed by atoms with E-state index in [1.54, 1.807) is 18.2 Å². The van der Waals surface area contributed by atoms with Crippen LogP contribution in [0, 0.1) is 13.7 Å². The molecule has 2 rings (SSSR count). The number of benzene rings is 1. The van der Waals surface area contributed by atoms with Gasteiger partial charge >= 0.3 is 0 Å². The third kappa shape index (κ3) is 4.29. The quantitative estimate of drug-likeness (QED) is 0.473. The summed E-state index contributed by atoms with van der Waals surface area (Å²) in [4.78, 5) is 15.1. The highest BCUT2D eigenvalue weighted by atomic mass is 127. The van der Waals surface area contributed by atoms with E-state index in [9.17, 15) is 10.1 Å². The number of nitrogens with zero attached hydrogens (tertiary/aromatic N) is 3. The molecule has 1 aliphatic heterocycles. The zero-order chi connectivity index (χ0) is 14.5. The molecule has 0 aliphatic carbocycles. The summed E-state index contributed by atoms with van der Waals surface area (Å²) in [5.41, 5.74) is 1.10. The second kappa shape index (κ2) is 7.19. The first-order valence-electron chi connectivity index (χ1n) is 6.65. The molecule has 1 aliphatic rings. The molecular formula is C13H19IN4O2. The number of nitro benzene ring substituents is 1. The molecule has 7 heteroatoms. The van der Waals surface area contributed by atoms with Crippen molar-refractivity contribution >= 4 is 34.0 Å². The lowest BCUT2D eigenvalue weighted by Crippen LogP contribution is -2.45. The van der Waals surface area contributed by atoms with Crippen LogP contribution in [0.5, 0.6) is 0 Å². The monoisotopic (exact) mass is 390 g/mol. The van der Waals surface area contributed by atoms with Gasteiger partial charge in [0.25, 0.3) is 5.69 Å². The van der Waals surface area contributed by atoms with Gasteiger partial charge in [-0.2, -0.15) is 0 Å². The summed E-state index contributed by atoms with van der Waals surface area (Å²) < 4.78 is 0.884. The van der Waals surface area contributed by atoms with Crippen LogP contribution >= 0.6 is 22.6 Å².